The molecule has 0 radical (unpaired) electrons. The van der Waals surface area contributed by atoms with E-state index in [9.17, 15) is 4.79 Å². The van der Waals surface area contributed by atoms with E-state index in [0.29, 0.717) is 5.75 Å². The summed E-state index contributed by atoms with van der Waals surface area (Å²) in [6.45, 7) is 3.01. The second-order valence-electron chi connectivity index (χ2n) is 5.93. The van der Waals surface area contributed by atoms with Crippen LogP contribution in [0.1, 0.15) is 40.3 Å². The van der Waals surface area contributed by atoms with Crippen molar-refractivity contribution in [2.24, 2.45) is 0 Å². The second kappa shape index (κ2) is 8.28. The van der Waals surface area contributed by atoms with E-state index in [4.69, 9.17) is 14.3 Å². The highest BCUT2D eigenvalue weighted by Crippen LogP contribution is 2.20. The first-order chi connectivity index (χ1) is 12.6. The van der Waals surface area contributed by atoms with Crippen LogP contribution in [0.4, 0.5) is 0 Å². The van der Waals surface area contributed by atoms with Crippen molar-refractivity contribution in [2.75, 3.05) is 0 Å². The fourth-order valence-electron chi connectivity index (χ4n) is 2.60. The number of benzene rings is 1. The van der Waals surface area contributed by atoms with Gasteiger partial charge in [0, 0.05) is 12.7 Å². The summed E-state index contributed by atoms with van der Waals surface area (Å²) in [5.41, 5.74) is 2.31. The second-order valence-corrected chi connectivity index (χ2v) is 5.93. The highest BCUT2D eigenvalue weighted by Gasteiger charge is 2.11. The molecule has 0 aliphatic rings. The third-order valence-electron chi connectivity index (χ3n) is 4.00. The fraction of sp³-hybridized carbons (Fsp3) is 0.333. The zero-order chi connectivity index (χ0) is 18.4. The van der Waals surface area contributed by atoms with Gasteiger partial charge in [0.05, 0.1) is 6.20 Å². The predicted octanol–water partition coefficient (Wildman–Crippen LogP) is 2.87. The molecular weight excluding hydrogens is 336 g/mol. The summed E-state index contributed by atoms with van der Waals surface area (Å²) in [7, 11) is 0. The summed E-state index contributed by atoms with van der Waals surface area (Å²) < 4.78 is 12.5. The molecule has 2 aromatic heterocycles. The number of aromatic carboxylic acids is 1. The molecule has 0 saturated carbocycles. The summed E-state index contributed by atoms with van der Waals surface area (Å²) in [4.78, 5) is 14.6. The van der Waals surface area contributed by atoms with Gasteiger partial charge >= 0.3 is 5.97 Å². The number of oxazole rings is 1. The van der Waals surface area contributed by atoms with E-state index in [0.717, 1.165) is 37.6 Å². The third kappa shape index (κ3) is 4.69. The Bertz CT molecular complexity index is 858. The third-order valence-corrected chi connectivity index (χ3v) is 4.00. The fourth-order valence-corrected chi connectivity index (χ4v) is 2.60. The van der Waals surface area contributed by atoms with E-state index in [1.807, 2.05) is 29.9 Å². The standard InChI is InChI=1S/C18H20N4O4/c1-13-10-15(25-12-17-20-16(11-26-17)18(23)24)6-5-14(13)4-2-3-8-22-9-7-19-21-22/h5-7,9-11H,2-4,8,12H2,1H3,(H,23,24). The van der Waals surface area contributed by atoms with E-state index in [1.54, 1.807) is 6.20 Å². The molecule has 1 aromatic carbocycles. The van der Waals surface area contributed by atoms with Crippen molar-refractivity contribution in [2.45, 2.75) is 39.3 Å². The van der Waals surface area contributed by atoms with Crippen LogP contribution >= 0.6 is 0 Å². The van der Waals surface area contributed by atoms with Crippen LogP contribution in [0.2, 0.25) is 0 Å². The van der Waals surface area contributed by atoms with Gasteiger partial charge in [-0.25, -0.2) is 9.78 Å². The van der Waals surface area contributed by atoms with Gasteiger partial charge in [0.2, 0.25) is 5.89 Å². The van der Waals surface area contributed by atoms with Gasteiger partial charge in [-0.3, -0.25) is 4.68 Å². The lowest BCUT2D eigenvalue weighted by atomic mass is 10.0. The zero-order valence-corrected chi connectivity index (χ0v) is 14.5. The van der Waals surface area contributed by atoms with Crippen molar-refractivity contribution in [3.63, 3.8) is 0 Å². The normalized spacial score (nSPS) is 10.8. The number of ether oxygens (including phenoxy) is 1. The van der Waals surface area contributed by atoms with Gasteiger partial charge in [-0.2, -0.15) is 0 Å². The molecule has 0 atom stereocenters. The largest absolute Gasteiger partial charge is 0.484 e. The zero-order valence-electron chi connectivity index (χ0n) is 14.5. The van der Waals surface area contributed by atoms with Crippen LogP contribution in [0.15, 0.2) is 41.3 Å². The first-order valence-corrected chi connectivity index (χ1v) is 8.36. The van der Waals surface area contributed by atoms with Crippen molar-refractivity contribution < 1.29 is 19.1 Å². The maximum absolute atomic E-state index is 10.8. The van der Waals surface area contributed by atoms with Crippen LogP contribution < -0.4 is 4.74 Å². The Morgan fingerprint density at radius 2 is 2.23 bits per heavy atom. The van der Waals surface area contributed by atoms with Crippen LogP contribution in [0.5, 0.6) is 5.75 Å². The number of carboxylic acids is 1. The lowest BCUT2D eigenvalue weighted by Crippen LogP contribution is -2.01. The van der Waals surface area contributed by atoms with Crippen molar-refractivity contribution >= 4 is 5.97 Å². The Morgan fingerprint density at radius 3 is 2.92 bits per heavy atom. The Kier molecular flexibility index (Phi) is 5.62. The van der Waals surface area contributed by atoms with E-state index in [-0.39, 0.29) is 18.2 Å². The van der Waals surface area contributed by atoms with Crippen molar-refractivity contribution in [1.29, 1.82) is 0 Å². The van der Waals surface area contributed by atoms with Gasteiger partial charge in [-0.1, -0.05) is 11.3 Å². The molecule has 0 saturated heterocycles. The maximum Gasteiger partial charge on any atom is 0.357 e. The smallest absolute Gasteiger partial charge is 0.357 e. The predicted molar refractivity (Wildman–Crippen MR) is 91.9 cm³/mol. The number of nitrogens with zero attached hydrogens (tertiary/aromatic N) is 4. The first kappa shape index (κ1) is 17.7. The SMILES string of the molecule is Cc1cc(OCc2nc(C(=O)O)co2)ccc1CCCCn1ccnn1. The Hall–Kier alpha value is -3.16. The Labute approximate surface area is 150 Å². The number of carbonyl (C=O) groups is 1. The van der Waals surface area contributed by atoms with Crippen LogP contribution in [0, 0.1) is 6.92 Å². The van der Waals surface area contributed by atoms with E-state index in [2.05, 4.69) is 21.4 Å². The molecule has 0 unspecified atom stereocenters. The molecular formula is C18H20N4O4. The van der Waals surface area contributed by atoms with Crippen LogP contribution in [-0.2, 0) is 19.6 Å². The average molecular weight is 356 g/mol. The highest BCUT2D eigenvalue weighted by atomic mass is 16.5. The molecule has 0 aliphatic heterocycles. The minimum Gasteiger partial charge on any atom is -0.484 e. The molecule has 3 aromatic rings. The topological polar surface area (TPSA) is 103 Å². The Balaban J connectivity index is 1.47. The number of rotatable bonds is 9. The molecule has 3 rings (SSSR count). The molecule has 136 valence electrons. The summed E-state index contributed by atoms with van der Waals surface area (Å²) in [6, 6.07) is 5.92. The highest BCUT2D eigenvalue weighted by molar-refractivity contribution is 5.84. The lowest BCUT2D eigenvalue weighted by molar-refractivity contribution is 0.0690. The van der Waals surface area contributed by atoms with E-state index in [1.165, 1.54) is 5.56 Å². The van der Waals surface area contributed by atoms with Gasteiger partial charge in [-0.05, 0) is 49.4 Å². The molecule has 0 bridgehead atoms. The monoisotopic (exact) mass is 356 g/mol. The van der Waals surface area contributed by atoms with Crippen molar-refractivity contribution in [3.8, 4) is 5.75 Å². The minimum atomic E-state index is -1.12. The van der Waals surface area contributed by atoms with Crippen LogP contribution in [-0.4, -0.2) is 31.1 Å². The molecule has 0 aliphatic carbocycles. The molecule has 26 heavy (non-hydrogen) atoms. The molecule has 0 spiro atoms. The van der Waals surface area contributed by atoms with E-state index >= 15 is 0 Å². The van der Waals surface area contributed by atoms with Crippen LogP contribution in [0.25, 0.3) is 0 Å². The average Bonchev–Trinajstić information content (AvgIpc) is 3.30. The molecule has 8 nitrogen and oxygen atoms in total. The van der Waals surface area contributed by atoms with E-state index < -0.39 is 5.97 Å². The number of unbranched alkanes of at least 4 members (excludes halogenated alkanes) is 1. The Morgan fingerprint density at radius 1 is 1.35 bits per heavy atom. The summed E-state index contributed by atoms with van der Waals surface area (Å²) >= 11 is 0. The summed E-state index contributed by atoms with van der Waals surface area (Å²) in [6.07, 6.45) is 7.75. The molecule has 2 heterocycles. The number of carboxylic acid groups (broad SMARTS) is 1. The molecule has 0 amide bonds. The van der Waals surface area contributed by atoms with Gasteiger partial charge in [-0.15, -0.1) is 5.10 Å². The van der Waals surface area contributed by atoms with Gasteiger partial charge in [0.15, 0.2) is 12.3 Å². The van der Waals surface area contributed by atoms with Gasteiger partial charge in [0.25, 0.3) is 0 Å². The van der Waals surface area contributed by atoms with Crippen molar-refractivity contribution in [1.82, 2.24) is 20.0 Å². The lowest BCUT2D eigenvalue weighted by Gasteiger charge is -2.09. The summed E-state index contributed by atoms with van der Waals surface area (Å²) in [5, 5.41) is 16.6. The van der Waals surface area contributed by atoms with Crippen LogP contribution in [0.3, 0.4) is 0 Å². The number of hydrogen-bond donors (Lipinski definition) is 1. The molecule has 0 fully saturated rings. The number of aryl methyl sites for hydroxylation is 3. The van der Waals surface area contributed by atoms with Gasteiger partial charge < -0.3 is 14.3 Å². The molecule has 8 heteroatoms. The number of hydrogen-bond acceptors (Lipinski definition) is 6. The summed E-state index contributed by atoms with van der Waals surface area (Å²) in [5.74, 6) is -0.190. The maximum atomic E-state index is 10.8. The number of aromatic nitrogens is 4. The first-order valence-electron chi connectivity index (χ1n) is 8.36. The van der Waals surface area contributed by atoms with Crippen molar-refractivity contribution in [3.05, 3.63) is 59.6 Å². The quantitative estimate of drug-likeness (QED) is 0.588. The van der Waals surface area contributed by atoms with Gasteiger partial charge in [0.1, 0.15) is 12.0 Å². The minimum absolute atomic E-state index is 0.0873. The molecule has 1 N–H and O–H groups in total.